The summed E-state index contributed by atoms with van der Waals surface area (Å²) < 4.78 is 1.75. The summed E-state index contributed by atoms with van der Waals surface area (Å²) in [5.41, 5.74) is 2.95. The molecule has 3 rings (SSSR count). The van der Waals surface area contributed by atoms with Crippen LogP contribution in [0.25, 0.3) is 6.08 Å². The van der Waals surface area contributed by atoms with Crippen molar-refractivity contribution in [2.24, 2.45) is 0 Å². The molecular weight excluding hydrogens is 371 g/mol. The smallest absolute Gasteiger partial charge is 0.244 e. The van der Waals surface area contributed by atoms with Crippen molar-refractivity contribution in [3.05, 3.63) is 87.9 Å². The van der Waals surface area contributed by atoms with Crippen LogP contribution in [-0.2, 0) is 17.9 Å². The maximum atomic E-state index is 11.9. The van der Waals surface area contributed by atoms with Crippen LogP contribution in [0.4, 0.5) is 0 Å². The molecule has 5 nitrogen and oxygen atoms in total. The van der Waals surface area contributed by atoms with Gasteiger partial charge in [0.15, 0.2) is 0 Å². The maximum absolute atomic E-state index is 11.9. The van der Waals surface area contributed by atoms with Crippen LogP contribution in [0.5, 0.6) is 0 Å². The zero-order valence-corrected chi connectivity index (χ0v) is 15.3. The minimum absolute atomic E-state index is 0.178. The van der Waals surface area contributed by atoms with Crippen LogP contribution in [0, 0.1) is 0 Å². The molecule has 1 aromatic heterocycles. The summed E-state index contributed by atoms with van der Waals surface area (Å²) in [4.78, 5) is 15.9. The average molecular weight is 387 g/mol. The third kappa shape index (κ3) is 5.18. The molecular formula is C19H16Cl2N4O. The van der Waals surface area contributed by atoms with Gasteiger partial charge < -0.3 is 5.32 Å². The number of aromatic nitrogens is 3. The Balaban J connectivity index is 1.50. The first-order valence-electron chi connectivity index (χ1n) is 7.91. The predicted octanol–water partition coefficient (Wildman–Crippen LogP) is 3.96. The third-order valence-electron chi connectivity index (χ3n) is 3.67. The van der Waals surface area contributed by atoms with Gasteiger partial charge in [-0.3, -0.25) is 4.79 Å². The van der Waals surface area contributed by atoms with E-state index in [2.05, 4.69) is 15.4 Å². The van der Waals surface area contributed by atoms with Crippen LogP contribution in [0.15, 0.2) is 61.2 Å². The normalized spacial score (nSPS) is 11.0. The molecule has 0 fully saturated rings. The molecule has 0 saturated carbocycles. The van der Waals surface area contributed by atoms with Gasteiger partial charge in [0.25, 0.3) is 0 Å². The maximum Gasteiger partial charge on any atom is 0.244 e. The Bertz CT molecular complexity index is 906. The second kappa shape index (κ2) is 8.65. The molecule has 0 radical (unpaired) electrons. The molecule has 0 aliphatic carbocycles. The lowest BCUT2D eigenvalue weighted by atomic mass is 10.1. The average Bonchev–Trinajstić information content (AvgIpc) is 3.15. The minimum atomic E-state index is -0.178. The number of nitrogens with one attached hydrogen (secondary N) is 1. The first kappa shape index (κ1) is 18.2. The molecule has 0 aliphatic heterocycles. The number of halogens is 2. The van der Waals surface area contributed by atoms with Crippen LogP contribution in [0.3, 0.4) is 0 Å². The van der Waals surface area contributed by atoms with Crippen molar-refractivity contribution < 1.29 is 4.79 Å². The SMILES string of the molecule is O=C(/C=C/c1ccc(Cl)c(Cl)c1)NCc1ccc(Cn2cncn2)cc1. The fourth-order valence-corrected chi connectivity index (χ4v) is 2.61. The van der Waals surface area contributed by atoms with E-state index in [0.717, 1.165) is 16.7 Å². The lowest BCUT2D eigenvalue weighted by molar-refractivity contribution is -0.116. The molecule has 26 heavy (non-hydrogen) atoms. The molecule has 1 heterocycles. The van der Waals surface area contributed by atoms with Crippen LogP contribution in [0.1, 0.15) is 16.7 Å². The Kier molecular flexibility index (Phi) is 6.04. The molecule has 2 aromatic carbocycles. The van der Waals surface area contributed by atoms with Crippen molar-refractivity contribution >= 4 is 35.2 Å². The van der Waals surface area contributed by atoms with E-state index in [4.69, 9.17) is 23.2 Å². The van der Waals surface area contributed by atoms with Gasteiger partial charge in [0, 0.05) is 12.6 Å². The summed E-state index contributed by atoms with van der Waals surface area (Å²) in [6.45, 7) is 1.12. The summed E-state index contributed by atoms with van der Waals surface area (Å²) >= 11 is 11.8. The second-order valence-electron chi connectivity index (χ2n) is 5.63. The lowest BCUT2D eigenvalue weighted by Crippen LogP contribution is -2.20. The standard InChI is InChI=1S/C19H16Cl2N4O/c20-17-7-5-14(9-18(17)21)6-8-19(26)23-10-15-1-3-16(4-2-15)11-25-13-22-12-24-25/h1-9,12-13H,10-11H2,(H,23,26)/b8-6+. The number of nitrogens with zero attached hydrogens (tertiary/aromatic N) is 3. The Hall–Kier alpha value is -2.63. The molecule has 0 unspecified atom stereocenters. The van der Waals surface area contributed by atoms with Gasteiger partial charge in [-0.15, -0.1) is 0 Å². The van der Waals surface area contributed by atoms with Crippen molar-refractivity contribution in [2.45, 2.75) is 13.1 Å². The Labute approximate surface area is 161 Å². The largest absolute Gasteiger partial charge is 0.348 e. The number of hydrogen-bond donors (Lipinski definition) is 1. The Morgan fingerprint density at radius 2 is 1.85 bits per heavy atom. The molecule has 1 N–H and O–H groups in total. The topological polar surface area (TPSA) is 59.8 Å². The van der Waals surface area contributed by atoms with Gasteiger partial charge in [0.2, 0.25) is 5.91 Å². The summed E-state index contributed by atoms with van der Waals surface area (Å²) in [5, 5.41) is 7.87. The van der Waals surface area contributed by atoms with Crippen LogP contribution >= 0.6 is 23.2 Å². The number of benzene rings is 2. The monoisotopic (exact) mass is 386 g/mol. The van der Waals surface area contributed by atoms with Crippen molar-refractivity contribution in [2.75, 3.05) is 0 Å². The highest BCUT2D eigenvalue weighted by Gasteiger charge is 2.01. The zero-order chi connectivity index (χ0) is 18.4. The lowest BCUT2D eigenvalue weighted by Gasteiger charge is -2.05. The van der Waals surface area contributed by atoms with Gasteiger partial charge >= 0.3 is 0 Å². The van der Waals surface area contributed by atoms with Crippen molar-refractivity contribution in [1.82, 2.24) is 20.1 Å². The molecule has 0 atom stereocenters. The molecule has 0 saturated heterocycles. The van der Waals surface area contributed by atoms with Crippen LogP contribution < -0.4 is 5.32 Å². The highest BCUT2D eigenvalue weighted by molar-refractivity contribution is 6.42. The summed E-state index contributed by atoms with van der Waals surface area (Å²) in [6.07, 6.45) is 6.35. The van der Waals surface area contributed by atoms with Crippen molar-refractivity contribution in [3.8, 4) is 0 Å². The van der Waals surface area contributed by atoms with Gasteiger partial charge in [-0.25, -0.2) is 9.67 Å². The van der Waals surface area contributed by atoms with Crippen molar-refractivity contribution in [3.63, 3.8) is 0 Å². The van der Waals surface area contributed by atoms with Gasteiger partial charge in [0.05, 0.1) is 16.6 Å². The van der Waals surface area contributed by atoms with E-state index in [1.807, 2.05) is 24.3 Å². The molecule has 132 valence electrons. The summed E-state index contributed by atoms with van der Waals surface area (Å²) in [5.74, 6) is -0.178. The van der Waals surface area contributed by atoms with Gasteiger partial charge in [-0.2, -0.15) is 5.10 Å². The van der Waals surface area contributed by atoms with E-state index in [0.29, 0.717) is 23.1 Å². The minimum Gasteiger partial charge on any atom is -0.348 e. The highest BCUT2D eigenvalue weighted by Crippen LogP contribution is 2.23. The first-order valence-corrected chi connectivity index (χ1v) is 8.67. The third-order valence-corrected chi connectivity index (χ3v) is 4.41. The molecule has 0 bridgehead atoms. The van der Waals surface area contributed by atoms with E-state index < -0.39 is 0 Å². The zero-order valence-electron chi connectivity index (χ0n) is 13.8. The van der Waals surface area contributed by atoms with Gasteiger partial charge in [0.1, 0.15) is 12.7 Å². The molecule has 1 amide bonds. The van der Waals surface area contributed by atoms with Gasteiger partial charge in [-0.1, -0.05) is 53.5 Å². The molecule has 0 spiro atoms. The van der Waals surface area contributed by atoms with Gasteiger partial charge in [-0.05, 0) is 34.9 Å². The van der Waals surface area contributed by atoms with E-state index in [9.17, 15) is 4.79 Å². The number of rotatable bonds is 6. The summed E-state index contributed by atoms with van der Waals surface area (Å²) in [6, 6.07) is 13.2. The second-order valence-corrected chi connectivity index (χ2v) is 6.45. The van der Waals surface area contributed by atoms with Crippen LogP contribution in [0.2, 0.25) is 10.0 Å². The number of hydrogen-bond acceptors (Lipinski definition) is 3. The quantitative estimate of drug-likeness (QED) is 0.652. The first-order chi connectivity index (χ1) is 12.6. The molecule has 3 aromatic rings. The molecule has 7 heteroatoms. The number of amides is 1. The fraction of sp³-hybridized carbons (Fsp3) is 0.105. The predicted molar refractivity (Wildman–Crippen MR) is 103 cm³/mol. The number of carbonyl (C=O) groups excluding carboxylic acids is 1. The van der Waals surface area contributed by atoms with E-state index in [-0.39, 0.29) is 5.91 Å². The van der Waals surface area contributed by atoms with Crippen molar-refractivity contribution in [1.29, 1.82) is 0 Å². The Morgan fingerprint density at radius 1 is 1.08 bits per heavy atom. The Morgan fingerprint density at radius 3 is 2.54 bits per heavy atom. The van der Waals surface area contributed by atoms with Crippen LogP contribution in [-0.4, -0.2) is 20.7 Å². The van der Waals surface area contributed by atoms with E-state index >= 15 is 0 Å². The van der Waals surface area contributed by atoms with E-state index in [1.165, 1.54) is 12.4 Å². The van der Waals surface area contributed by atoms with E-state index in [1.54, 1.807) is 35.3 Å². The summed E-state index contributed by atoms with van der Waals surface area (Å²) in [7, 11) is 0. The number of carbonyl (C=O) groups is 1. The highest BCUT2D eigenvalue weighted by atomic mass is 35.5. The molecule has 0 aliphatic rings. The fourth-order valence-electron chi connectivity index (χ4n) is 2.30.